The molecule has 0 spiro atoms. The Labute approximate surface area is 569 Å². The molecule has 1 aromatic carbocycles. The maximum Gasteiger partial charge on any atom is 0.246 e. The van der Waals surface area contributed by atoms with E-state index in [1.165, 1.54) is 25.8 Å². The van der Waals surface area contributed by atoms with Crippen LogP contribution in [0.15, 0.2) is 29.1 Å². The summed E-state index contributed by atoms with van der Waals surface area (Å²) in [4.78, 5) is 157. The zero-order valence-electron chi connectivity index (χ0n) is 55.5. The lowest BCUT2D eigenvalue weighted by atomic mass is 9.85. The second kappa shape index (κ2) is 39.4. The van der Waals surface area contributed by atoms with Crippen molar-refractivity contribution in [1.29, 1.82) is 0 Å². The van der Waals surface area contributed by atoms with Gasteiger partial charge >= 0.3 is 0 Å². The molecule has 6 rings (SSSR count). The smallest absolute Gasteiger partial charge is 0.246 e. The summed E-state index contributed by atoms with van der Waals surface area (Å²) in [5, 5.41) is 48.0. The third-order valence-electron chi connectivity index (χ3n) is 17.2. The summed E-state index contributed by atoms with van der Waals surface area (Å²) < 4.78 is 49.4. The molecule has 32 nitrogen and oxygen atoms in total. The molecule has 5 heterocycles. The van der Waals surface area contributed by atoms with Crippen molar-refractivity contribution < 1.29 is 101 Å². The second-order valence-electron chi connectivity index (χ2n) is 24.4. The first-order valence-electron chi connectivity index (χ1n) is 32.5. The number of aliphatic hydroxyl groups is 3. The molecule has 0 saturated carbocycles. The summed E-state index contributed by atoms with van der Waals surface area (Å²) in [6, 6.07) is -3.66. The molecule has 1 aromatic heterocycles. The quantitative estimate of drug-likeness (QED) is 0.0259. The zero-order chi connectivity index (χ0) is 70.9. The first kappa shape index (κ1) is 78.8. The Hall–Kier alpha value is -7.15. The number of aromatic nitrogens is 1. The normalized spacial score (nSPS) is 24.8. The van der Waals surface area contributed by atoms with Crippen LogP contribution in [0.2, 0.25) is 0 Å². The van der Waals surface area contributed by atoms with E-state index in [2.05, 4.69) is 36.9 Å². The van der Waals surface area contributed by atoms with Gasteiger partial charge in [0.25, 0.3) is 0 Å². The molecule has 2 saturated heterocycles. The average molecular weight is 1410 g/mol. The summed E-state index contributed by atoms with van der Waals surface area (Å²) in [6.45, 7) is 7.59. The summed E-state index contributed by atoms with van der Waals surface area (Å²) in [5.41, 5.74) is 13.0. The molecule has 4 aliphatic heterocycles. The fourth-order valence-electron chi connectivity index (χ4n) is 11.6. The lowest BCUT2D eigenvalue weighted by Gasteiger charge is -2.32. The first-order valence-corrected chi connectivity index (χ1v) is 35.0. The number of ether oxygens (including phenoxy) is 6. The van der Waals surface area contributed by atoms with Crippen molar-refractivity contribution in [2.24, 2.45) is 41.1 Å². The highest BCUT2D eigenvalue weighted by Crippen LogP contribution is 2.37. The van der Waals surface area contributed by atoms with Crippen molar-refractivity contribution in [2.45, 2.75) is 120 Å². The third-order valence-corrected chi connectivity index (χ3v) is 19.6. The molecule has 2 bridgehead atoms. The molecule has 14 N–H and O–H groups in total. The molecule has 97 heavy (non-hydrogen) atoms. The number of carbonyl (C=O) groups excluding carboxylic acids is 11. The number of methoxy groups -OCH3 is 1. The van der Waals surface area contributed by atoms with Gasteiger partial charge in [0, 0.05) is 96.8 Å². The average Bonchev–Trinajstić information content (AvgIpc) is 1.63. The van der Waals surface area contributed by atoms with E-state index in [1.807, 2.05) is 0 Å². The topological polar surface area (TPSA) is 467 Å². The molecule has 9 amide bonds. The summed E-state index contributed by atoms with van der Waals surface area (Å²) >= 11 is 1.45. The van der Waals surface area contributed by atoms with Crippen LogP contribution in [0.1, 0.15) is 77.3 Å². The lowest BCUT2D eigenvalue weighted by molar-refractivity contribution is -0.144. The molecule has 2 fully saturated rings. The number of nitrogens with one attached hydrogen (secondary N) is 7. The minimum Gasteiger partial charge on any atom is -0.496 e. The molecule has 12 atom stereocenters. The standard InChI is InChI=1S/C63H95N11O21S2/c1-6-35(2)43-24-40(76)28-67-57(83)38-22-44-42-7-8-51(90-5)45(33-96-20-19-95-18-17-94-16-15-93-14-13-92-12-11-91-10-9-66-27-39(64)30-74-54(82)21-36(3)62(74)87)56(42)72-61(44)97(89)34-47(69-53(81)29-68-58(43)84)59(85)70-46(26-52(65)80)63(88)73-31-41(77)25-48(73)60(86)71-55(49(78)23-38)37(4)50(79)32-75/h7-8,27,35-38,41,43,46-48,50,55,66,72,75,77,79H,6,9-26,28-34,64H2,1-5H3,(H2,65,80)(H,67,83)(H,68,84)(H,69,81)(H,70,85)(H,71,86)/b39-27-/t35-,36?,37-,38+,41+,43-,46-,47?,48-,50-,55-,97?/m0/s1. The number of nitrogens with zero attached hydrogens (tertiary/aromatic N) is 2. The first-order chi connectivity index (χ1) is 46.4. The van der Waals surface area contributed by atoms with Crippen LogP contribution in [-0.4, -0.2) is 259 Å². The number of ketones is 2. The number of amides is 9. The number of aliphatic hydroxyl groups excluding tert-OH is 3. The van der Waals surface area contributed by atoms with E-state index < -0.39 is 181 Å². The van der Waals surface area contributed by atoms with E-state index in [0.29, 0.717) is 99.5 Å². The predicted octanol–water partition coefficient (Wildman–Crippen LogP) is -3.34. The second-order valence-corrected chi connectivity index (χ2v) is 26.9. The summed E-state index contributed by atoms with van der Waals surface area (Å²) in [7, 11) is -0.964. The van der Waals surface area contributed by atoms with Crippen LogP contribution in [0.5, 0.6) is 5.75 Å². The molecule has 0 aliphatic carbocycles. The monoisotopic (exact) mass is 1410 g/mol. The Morgan fingerprint density at radius 3 is 2.08 bits per heavy atom. The van der Waals surface area contributed by atoms with Crippen LogP contribution in [0, 0.1) is 29.6 Å². The van der Waals surface area contributed by atoms with Gasteiger partial charge in [-0.2, -0.15) is 11.8 Å². The Morgan fingerprint density at radius 2 is 1.46 bits per heavy atom. The number of hydrogen-bond donors (Lipinski definition) is 12. The molecule has 3 unspecified atom stereocenters. The maximum absolute atomic E-state index is 15.3. The maximum atomic E-state index is 15.3. The van der Waals surface area contributed by atoms with Gasteiger partial charge in [0.05, 0.1) is 146 Å². The molecular formula is C63H95N11O21S2. The van der Waals surface area contributed by atoms with Crippen molar-refractivity contribution in [3.8, 4) is 5.75 Å². The van der Waals surface area contributed by atoms with E-state index >= 15 is 4.21 Å². The number of aromatic amines is 1. The molecule has 2 aromatic rings. The summed E-state index contributed by atoms with van der Waals surface area (Å²) in [5.74, 6) is -13.0. The number of Topliss-reactive ketones (excluding diaryl/α,β-unsaturated/α-hetero) is 2. The molecule has 540 valence electrons. The van der Waals surface area contributed by atoms with Gasteiger partial charge in [-0.25, -0.2) is 0 Å². The fraction of sp³-hybridized carbons (Fsp3) is 0.667. The van der Waals surface area contributed by atoms with E-state index in [9.17, 15) is 68.1 Å². The van der Waals surface area contributed by atoms with Crippen molar-refractivity contribution in [3.05, 3.63) is 35.2 Å². The van der Waals surface area contributed by atoms with Crippen LogP contribution >= 0.6 is 11.8 Å². The lowest BCUT2D eigenvalue weighted by Crippen LogP contribution is -2.60. The van der Waals surface area contributed by atoms with Gasteiger partial charge in [-0.15, -0.1) is 0 Å². The molecule has 34 heteroatoms. The van der Waals surface area contributed by atoms with Crippen LogP contribution < -0.4 is 48.1 Å². The number of carbonyl (C=O) groups is 11. The Kier molecular flexibility index (Phi) is 32.1. The number of likely N-dealkylation sites (tertiary alicyclic amines) is 1. The highest BCUT2D eigenvalue weighted by molar-refractivity contribution is 7.98. The highest BCUT2D eigenvalue weighted by Gasteiger charge is 2.45. The number of imide groups is 1. The Morgan fingerprint density at radius 1 is 0.814 bits per heavy atom. The number of H-pyrrole nitrogens is 1. The van der Waals surface area contributed by atoms with Gasteiger partial charge < -0.3 is 97.0 Å². The number of nitrogens with two attached hydrogens (primary N) is 2. The number of primary amides is 1. The highest BCUT2D eigenvalue weighted by atomic mass is 32.2. The molecule has 0 radical (unpaired) electrons. The van der Waals surface area contributed by atoms with Crippen molar-refractivity contribution in [1.82, 2.24) is 46.7 Å². The van der Waals surface area contributed by atoms with Gasteiger partial charge in [-0.05, 0) is 30.0 Å². The predicted molar refractivity (Wildman–Crippen MR) is 351 cm³/mol. The number of thioether (sulfide) groups is 1. The number of fused-ring (bicyclic) bond motifs is 5. The van der Waals surface area contributed by atoms with E-state index in [4.69, 9.17) is 39.9 Å². The van der Waals surface area contributed by atoms with E-state index in [1.54, 1.807) is 39.1 Å². The number of benzene rings is 1. The van der Waals surface area contributed by atoms with Crippen LogP contribution in [0.3, 0.4) is 0 Å². The molecule has 4 aliphatic rings. The van der Waals surface area contributed by atoms with Gasteiger partial charge in [0.15, 0.2) is 11.6 Å². The minimum atomic E-state index is -2.41. The number of hydrogen-bond acceptors (Lipinski definition) is 24. The van der Waals surface area contributed by atoms with Crippen molar-refractivity contribution >= 4 is 98.2 Å². The summed E-state index contributed by atoms with van der Waals surface area (Å²) in [6.07, 6.45) is -3.63. The number of rotatable bonds is 31. The zero-order valence-corrected chi connectivity index (χ0v) is 57.2. The van der Waals surface area contributed by atoms with Gasteiger partial charge in [0.2, 0.25) is 53.2 Å². The largest absolute Gasteiger partial charge is 0.496 e. The Bertz CT molecular complexity index is 3150. The fourth-order valence-corrected chi connectivity index (χ4v) is 13.8. The van der Waals surface area contributed by atoms with E-state index in [0.717, 1.165) is 9.80 Å². The third kappa shape index (κ3) is 23.2. The van der Waals surface area contributed by atoms with Crippen LogP contribution in [0.4, 0.5) is 0 Å². The Balaban J connectivity index is 1.17. The van der Waals surface area contributed by atoms with E-state index in [-0.39, 0.29) is 66.7 Å². The van der Waals surface area contributed by atoms with Crippen LogP contribution in [-0.2, 0) is 99.4 Å². The SMILES string of the molecule is CC[C@H](C)[C@@H]1CC(=O)CNC(=O)[C@H]2CC(=O)[C@H]([C@@H](C)[C@@H](O)CO)NC(=O)[C@@H]3C[C@@H](O)CN3C(=O)[C@H](CC(N)=O)NC(=O)C(CS(=O)c3[nH]c4c(CSCCOCCOCCOCCOCCOCCN/C=C(\N)CN5C(=O)CC(C)C5=O)c(OC)ccc4c3C2)NC(=O)CNC1=O. The van der Waals surface area contributed by atoms with Crippen LogP contribution in [0.25, 0.3) is 10.9 Å². The minimum absolute atomic E-state index is 0.0402. The van der Waals surface area contributed by atoms with Gasteiger partial charge in [-0.1, -0.05) is 34.1 Å². The van der Waals surface area contributed by atoms with Gasteiger partial charge in [0.1, 0.15) is 28.9 Å². The van der Waals surface area contributed by atoms with Gasteiger partial charge in [-0.3, -0.25) is 61.8 Å². The van der Waals surface area contributed by atoms with Crippen molar-refractivity contribution in [2.75, 3.05) is 124 Å². The van der Waals surface area contributed by atoms with Crippen molar-refractivity contribution in [3.63, 3.8) is 0 Å². The molecular weight excluding hydrogens is 1310 g/mol.